The standard InChI is InChI=1S/C23H21ClF2N2O4S2/c24-16-4-7-19(8-5-16)33(29,30)23(20-15-17(25)6-9-21(20)26)12-10-18(11-13-23)28-34(31,32)22-3-1-2-14-27-22/h1-9,14-15,18,28H,10-13H2. The van der Waals surface area contributed by atoms with Gasteiger partial charge >= 0.3 is 0 Å². The number of nitrogens with one attached hydrogen (secondary N) is 1. The van der Waals surface area contributed by atoms with E-state index in [0.717, 1.165) is 18.2 Å². The van der Waals surface area contributed by atoms with Crippen molar-refractivity contribution in [2.45, 2.75) is 46.4 Å². The van der Waals surface area contributed by atoms with Gasteiger partial charge in [-0.05, 0) is 80.3 Å². The SMILES string of the molecule is O=S(=O)(NC1CCC(c2cc(F)ccc2F)(S(=O)(=O)c2ccc(Cl)cc2)CC1)c1ccccn1. The zero-order chi connectivity index (χ0) is 24.6. The summed E-state index contributed by atoms with van der Waals surface area (Å²) in [7, 11) is -8.14. The smallest absolute Gasteiger partial charge is 0.243 e. The number of sulfone groups is 1. The van der Waals surface area contributed by atoms with Gasteiger partial charge in [-0.1, -0.05) is 17.7 Å². The summed E-state index contributed by atoms with van der Waals surface area (Å²) in [6.45, 7) is 0. The normalized spacial score (nSPS) is 21.3. The van der Waals surface area contributed by atoms with Crippen molar-refractivity contribution < 1.29 is 25.6 Å². The van der Waals surface area contributed by atoms with Crippen LogP contribution in [0.15, 0.2) is 76.8 Å². The van der Waals surface area contributed by atoms with E-state index in [-0.39, 0.29) is 41.2 Å². The molecule has 0 atom stereocenters. The molecule has 0 unspecified atom stereocenters. The maximum atomic E-state index is 14.9. The fraction of sp³-hybridized carbons (Fsp3) is 0.261. The van der Waals surface area contributed by atoms with Crippen LogP contribution in [0.4, 0.5) is 8.78 Å². The van der Waals surface area contributed by atoms with Crippen molar-refractivity contribution in [1.82, 2.24) is 9.71 Å². The van der Waals surface area contributed by atoms with Crippen LogP contribution >= 0.6 is 11.6 Å². The van der Waals surface area contributed by atoms with Crippen LogP contribution in [-0.2, 0) is 24.6 Å². The average molecular weight is 527 g/mol. The highest BCUT2D eigenvalue weighted by Gasteiger charge is 2.50. The molecule has 0 spiro atoms. The van der Waals surface area contributed by atoms with E-state index in [4.69, 9.17) is 11.6 Å². The second-order valence-corrected chi connectivity index (χ2v) is 12.5. The number of rotatable bonds is 6. The second kappa shape index (κ2) is 9.33. The summed E-state index contributed by atoms with van der Waals surface area (Å²) < 4.78 is 82.8. The molecule has 1 N–H and O–H groups in total. The molecular formula is C23H21ClF2N2O4S2. The lowest BCUT2D eigenvalue weighted by Gasteiger charge is -2.40. The molecule has 1 heterocycles. The van der Waals surface area contributed by atoms with Gasteiger partial charge in [-0.2, -0.15) is 0 Å². The van der Waals surface area contributed by atoms with Crippen molar-refractivity contribution in [1.29, 1.82) is 0 Å². The van der Waals surface area contributed by atoms with Crippen LogP contribution in [0, 0.1) is 11.6 Å². The Kier molecular flexibility index (Phi) is 6.78. The molecule has 34 heavy (non-hydrogen) atoms. The van der Waals surface area contributed by atoms with E-state index < -0.39 is 42.3 Å². The minimum absolute atomic E-state index is 0.0759. The Hall–Kier alpha value is -2.40. The Labute approximate surface area is 202 Å². The van der Waals surface area contributed by atoms with E-state index in [1.807, 2.05) is 0 Å². The van der Waals surface area contributed by atoms with Crippen molar-refractivity contribution in [2.24, 2.45) is 0 Å². The third kappa shape index (κ3) is 4.59. The molecule has 3 aromatic rings. The Morgan fingerprint density at radius 3 is 2.24 bits per heavy atom. The summed E-state index contributed by atoms with van der Waals surface area (Å²) in [6.07, 6.45) is 1.30. The number of nitrogens with zero attached hydrogens (tertiary/aromatic N) is 1. The van der Waals surface area contributed by atoms with E-state index >= 15 is 0 Å². The summed E-state index contributed by atoms with van der Waals surface area (Å²) in [6, 6.07) is 12.1. The fourth-order valence-corrected chi connectivity index (χ4v) is 7.90. The van der Waals surface area contributed by atoms with Crippen LogP contribution in [0.5, 0.6) is 0 Å². The van der Waals surface area contributed by atoms with Gasteiger partial charge in [0.05, 0.1) is 4.90 Å². The predicted molar refractivity (Wildman–Crippen MR) is 123 cm³/mol. The van der Waals surface area contributed by atoms with Crippen molar-refractivity contribution in [2.75, 3.05) is 0 Å². The number of halogens is 3. The Bertz CT molecular complexity index is 1390. The van der Waals surface area contributed by atoms with Gasteiger partial charge < -0.3 is 0 Å². The fourth-order valence-electron chi connectivity index (χ4n) is 4.36. The van der Waals surface area contributed by atoms with Gasteiger partial charge in [-0.25, -0.2) is 35.3 Å². The molecule has 1 aliphatic carbocycles. The second-order valence-electron chi connectivity index (χ2n) is 8.14. The van der Waals surface area contributed by atoms with Gasteiger partial charge in [0.25, 0.3) is 10.0 Å². The zero-order valence-corrected chi connectivity index (χ0v) is 20.2. The summed E-state index contributed by atoms with van der Waals surface area (Å²) >= 11 is 5.90. The first-order chi connectivity index (χ1) is 16.0. The van der Waals surface area contributed by atoms with Crippen molar-refractivity contribution in [3.8, 4) is 0 Å². The summed E-state index contributed by atoms with van der Waals surface area (Å²) in [4.78, 5) is 3.78. The third-order valence-corrected chi connectivity index (χ3v) is 10.3. The molecule has 0 saturated heterocycles. The first-order valence-electron chi connectivity index (χ1n) is 10.4. The topological polar surface area (TPSA) is 93.2 Å². The molecule has 6 nitrogen and oxygen atoms in total. The monoisotopic (exact) mass is 526 g/mol. The van der Waals surface area contributed by atoms with Gasteiger partial charge in [0.2, 0.25) is 0 Å². The van der Waals surface area contributed by atoms with E-state index in [1.54, 1.807) is 12.1 Å². The number of sulfonamides is 1. The number of hydrogen-bond acceptors (Lipinski definition) is 5. The Balaban J connectivity index is 1.70. The van der Waals surface area contributed by atoms with E-state index in [1.165, 1.54) is 36.5 Å². The van der Waals surface area contributed by atoms with Crippen LogP contribution < -0.4 is 4.72 Å². The van der Waals surface area contributed by atoms with Crippen molar-refractivity contribution in [3.05, 3.63) is 89.1 Å². The molecule has 0 amide bonds. The summed E-state index contributed by atoms with van der Waals surface area (Å²) in [5, 5.41) is 0.175. The maximum Gasteiger partial charge on any atom is 0.258 e. The lowest BCUT2D eigenvalue weighted by molar-refractivity contribution is 0.324. The molecule has 180 valence electrons. The number of pyridine rings is 1. The van der Waals surface area contributed by atoms with E-state index in [2.05, 4.69) is 9.71 Å². The largest absolute Gasteiger partial charge is 0.258 e. The van der Waals surface area contributed by atoms with E-state index in [0.29, 0.717) is 5.02 Å². The van der Waals surface area contributed by atoms with Gasteiger partial charge in [0.1, 0.15) is 16.4 Å². The molecule has 0 aliphatic heterocycles. The van der Waals surface area contributed by atoms with Gasteiger partial charge in [0.15, 0.2) is 14.9 Å². The average Bonchev–Trinajstić information content (AvgIpc) is 2.82. The third-order valence-electron chi connectivity index (χ3n) is 6.09. The van der Waals surface area contributed by atoms with Crippen LogP contribution in [0.2, 0.25) is 5.02 Å². The first kappa shape index (κ1) is 24.7. The molecular weight excluding hydrogens is 506 g/mol. The van der Waals surface area contributed by atoms with Crippen LogP contribution in [0.1, 0.15) is 31.2 Å². The minimum atomic E-state index is -4.21. The molecule has 0 bridgehead atoms. The van der Waals surface area contributed by atoms with Crippen LogP contribution in [0.25, 0.3) is 0 Å². The van der Waals surface area contributed by atoms with Crippen molar-refractivity contribution >= 4 is 31.5 Å². The van der Waals surface area contributed by atoms with Gasteiger partial charge in [0, 0.05) is 22.8 Å². The minimum Gasteiger partial charge on any atom is -0.243 e. The molecule has 4 rings (SSSR count). The zero-order valence-electron chi connectivity index (χ0n) is 17.8. The molecule has 2 aromatic carbocycles. The quantitative estimate of drug-likeness (QED) is 0.506. The van der Waals surface area contributed by atoms with Crippen LogP contribution in [-0.4, -0.2) is 27.9 Å². The van der Waals surface area contributed by atoms with Gasteiger partial charge in [-0.15, -0.1) is 0 Å². The lowest BCUT2D eigenvalue weighted by atomic mass is 9.80. The number of benzene rings is 2. The first-order valence-corrected chi connectivity index (χ1v) is 13.8. The molecule has 0 radical (unpaired) electrons. The molecule has 1 aromatic heterocycles. The predicted octanol–water partition coefficient (Wildman–Crippen LogP) is 4.60. The maximum absolute atomic E-state index is 14.9. The Morgan fingerprint density at radius 1 is 0.941 bits per heavy atom. The van der Waals surface area contributed by atoms with Crippen molar-refractivity contribution in [3.63, 3.8) is 0 Å². The number of hydrogen-bond donors (Lipinski definition) is 1. The molecule has 1 aliphatic rings. The van der Waals surface area contributed by atoms with E-state index in [9.17, 15) is 25.6 Å². The highest BCUT2D eigenvalue weighted by Crippen LogP contribution is 2.48. The Morgan fingerprint density at radius 2 is 1.62 bits per heavy atom. The summed E-state index contributed by atoms with van der Waals surface area (Å²) in [5.74, 6) is -1.61. The molecule has 1 fully saturated rings. The molecule has 1 saturated carbocycles. The molecule has 11 heteroatoms. The lowest BCUT2D eigenvalue weighted by Crippen LogP contribution is -2.46. The number of aromatic nitrogens is 1. The van der Waals surface area contributed by atoms with Crippen LogP contribution in [0.3, 0.4) is 0 Å². The highest BCUT2D eigenvalue weighted by molar-refractivity contribution is 7.92. The summed E-state index contributed by atoms with van der Waals surface area (Å²) in [5.41, 5.74) is -0.270. The van der Waals surface area contributed by atoms with Gasteiger partial charge in [-0.3, -0.25) is 0 Å². The highest BCUT2D eigenvalue weighted by atomic mass is 35.5.